The molecule has 0 rings (SSSR count). The first kappa shape index (κ1) is 16.2. The zero-order chi connectivity index (χ0) is 14.1. The second-order valence-corrected chi connectivity index (χ2v) is 3.64. The van der Waals surface area contributed by atoms with Crippen LogP contribution in [0.1, 0.15) is 20.3 Å². The van der Waals surface area contributed by atoms with Crippen LogP contribution in [0, 0.1) is 0 Å². The predicted octanol–water partition coefficient (Wildman–Crippen LogP) is -1.35. The molecule has 2 atom stereocenters. The normalized spacial score (nSPS) is 13.3. The van der Waals surface area contributed by atoms with Gasteiger partial charge in [-0.25, -0.2) is 9.59 Å². The largest absolute Gasteiger partial charge is 0.480 e. The van der Waals surface area contributed by atoms with Crippen molar-refractivity contribution in [1.82, 2.24) is 16.0 Å². The average Bonchev–Trinajstić information content (AvgIpc) is 2.28. The lowest BCUT2D eigenvalue weighted by Crippen LogP contribution is -2.52. The maximum atomic E-state index is 11.4. The highest BCUT2D eigenvalue weighted by Gasteiger charge is 2.21. The number of hydrogen-bond donors (Lipinski definition) is 5. The number of aliphatic hydroxyl groups is 1. The number of amides is 3. The molecule has 0 bridgehead atoms. The second kappa shape index (κ2) is 8.29. The summed E-state index contributed by atoms with van der Waals surface area (Å²) < 4.78 is 0. The molecule has 0 heterocycles. The van der Waals surface area contributed by atoms with Crippen molar-refractivity contribution in [3.05, 3.63) is 0 Å². The van der Waals surface area contributed by atoms with Crippen LogP contribution in [0.4, 0.5) is 4.79 Å². The van der Waals surface area contributed by atoms with Gasteiger partial charge in [-0.05, 0) is 13.8 Å². The Morgan fingerprint density at radius 3 is 2.28 bits per heavy atom. The van der Waals surface area contributed by atoms with E-state index in [2.05, 4.69) is 16.0 Å². The van der Waals surface area contributed by atoms with Gasteiger partial charge in [-0.1, -0.05) is 0 Å². The maximum absolute atomic E-state index is 11.4. The summed E-state index contributed by atoms with van der Waals surface area (Å²) >= 11 is 0. The third kappa shape index (κ3) is 6.04. The molecule has 8 heteroatoms. The lowest BCUT2D eigenvalue weighted by atomic mass is 10.2. The van der Waals surface area contributed by atoms with Crippen LogP contribution in [0.5, 0.6) is 0 Å². The first-order valence-corrected chi connectivity index (χ1v) is 5.60. The number of urea groups is 1. The molecule has 0 radical (unpaired) electrons. The third-order valence-electron chi connectivity index (χ3n) is 2.11. The topological polar surface area (TPSA) is 128 Å². The van der Waals surface area contributed by atoms with Gasteiger partial charge in [-0.15, -0.1) is 0 Å². The van der Waals surface area contributed by atoms with E-state index in [1.54, 1.807) is 6.92 Å². The van der Waals surface area contributed by atoms with E-state index < -0.39 is 24.1 Å². The summed E-state index contributed by atoms with van der Waals surface area (Å²) in [4.78, 5) is 33.4. The summed E-state index contributed by atoms with van der Waals surface area (Å²) in [6.45, 7) is 3.30. The monoisotopic (exact) mass is 261 g/mol. The van der Waals surface area contributed by atoms with Crippen LogP contribution in [0.3, 0.4) is 0 Å². The molecule has 0 aromatic rings. The van der Waals surface area contributed by atoms with Gasteiger partial charge in [-0.3, -0.25) is 4.79 Å². The fourth-order valence-electron chi connectivity index (χ4n) is 1.18. The number of carbonyl (C=O) groups excluding carboxylic acids is 2. The molecular weight excluding hydrogens is 242 g/mol. The first-order chi connectivity index (χ1) is 8.42. The van der Waals surface area contributed by atoms with Crippen molar-refractivity contribution >= 4 is 17.9 Å². The van der Waals surface area contributed by atoms with Crippen molar-refractivity contribution in [3.8, 4) is 0 Å². The van der Waals surface area contributed by atoms with Crippen LogP contribution in [0.15, 0.2) is 0 Å². The first-order valence-electron chi connectivity index (χ1n) is 5.60. The average molecular weight is 261 g/mol. The standard InChI is InChI=1S/C10H19N3O5/c1-3-11-8(15)6(2)12-10(18)13-7(4-5-14)9(16)17/h6-7,14H,3-5H2,1-2H3,(H,11,15)(H,16,17)(H2,12,13,18). The number of rotatable bonds is 7. The molecule has 0 fully saturated rings. The van der Waals surface area contributed by atoms with E-state index in [9.17, 15) is 14.4 Å². The van der Waals surface area contributed by atoms with Crippen LogP contribution in [0.25, 0.3) is 0 Å². The van der Waals surface area contributed by atoms with Gasteiger partial charge >= 0.3 is 12.0 Å². The lowest BCUT2D eigenvalue weighted by molar-refractivity contribution is -0.139. The van der Waals surface area contributed by atoms with Crippen molar-refractivity contribution in [1.29, 1.82) is 0 Å². The Balaban J connectivity index is 4.23. The molecule has 0 aliphatic heterocycles. The fraction of sp³-hybridized carbons (Fsp3) is 0.700. The van der Waals surface area contributed by atoms with Crippen molar-refractivity contribution in [2.24, 2.45) is 0 Å². The summed E-state index contributed by atoms with van der Waals surface area (Å²) in [6.07, 6.45) is -0.0989. The molecule has 104 valence electrons. The van der Waals surface area contributed by atoms with Crippen LogP contribution >= 0.6 is 0 Å². The number of aliphatic carboxylic acids is 1. The molecule has 0 saturated heterocycles. The van der Waals surface area contributed by atoms with Crippen molar-refractivity contribution in [2.75, 3.05) is 13.2 Å². The van der Waals surface area contributed by atoms with Crippen molar-refractivity contribution in [3.63, 3.8) is 0 Å². The number of likely N-dealkylation sites (N-methyl/N-ethyl adjacent to an activating group) is 1. The Labute approximate surface area is 105 Å². The van der Waals surface area contributed by atoms with Gasteiger partial charge in [0.15, 0.2) is 0 Å². The Kier molecular flexibility index (Phi) is 7.45. The number of aliphatic hydroxyl groups excluding tert-OH is 1. The fourth-order valence-corrected chi connectivity index (χ4v) is 1.18. The minimum Gasteiger partial charge on any atom is -0.480 e. The minimum atomic E-state index is -1.25. The lowest BCUT2D eigenvalue weighted by Gasteiger charge is -2.17. The molecule has 2 unspecified atom stereocenters. The van der Waals surface area contributed by atoms with Crippen LogP contribution < -0.4 is 16.0 Å². The molecule has 0 aromatic carbocycles. The quantitative estimate of drug-likeness (QED) is 0.387. The molecule has 0 aromatic heterocycles. The maximum Gasteiger partial charge on any atom is 0.326 e. The molecule has 18 heavy (non-hydrogen) atoms. The molecule has 0 saturated carbocycles. The summed E-state index contributed by atoms with van der Waals surface area (Å²) in [7, 11) is 0. The minimum absolute atomic E-state index is 0.0989. The van der Waals surface area contributed by atoms with Crippen LogP contribution in [0.2, 0.25) is 0 Å². The summed E-state index contributed by atoms with van der Waals surface area (Å²) in [5.74, 6) is -1.61. The highest BCUT2D eigenvalue weighted by molar-refractivity contribution is 5.88. The smallest absolute Gasteiger partial charge is 0.326 e. The van der Waals surface area contributed by atoms with Gasteiger partial charge in [0.2, 0.25) is 5.91 Å². The van der Waals surface area contributed by atoms with Gasteiger partial charge in [0.25, 0.3) is 0 Å². The Hall–Kier alpha value is -1.83. The SMILES string of the molecule is CCNC(=O)C(C)NC(=O)NC(CCO)C(=O)O. The molecule has 0 spiro atoms. The van der Waals surface area contributed by atoms with Gasteiger partial charge in [0.1, 0.15) is 12.1 Å². The third-order valence-corrected chi connectivity index (χ3v) is 2.11. The zero-order valence-corrected chi connectivity index (χ0v) is 10.4. The van der Waals surface area contributed by atoms with Crippen LogP contribution in [-0.2, 0) is 9.59 Å². The van der Waals surface area contributed by atoms with Gasteiger partial charge in [-0.2, -0.15) is 0 Å². The van der Waals surface area contributed by atoms with E-state index >= 15 is 0 Å². The highest BCUT2D eigenvalue weighted by Crippen LogP contribution is 1.92. The van der Waals surface area contributed by atoms with Crippen LogP contribution in [-0.4, -0.2) is 53.4 Å². The molecule has 8 nitrogen and oxygen atoms in total. The van der Waals surface area contributed by atoms with Gasteiger partial charge in [0.05, 0.1) is 0 Å². The summed E-state index contributed by atoms with van der Waals surface area (Å²) in [6, 6.07) is -2.72. The molecule has 5 N–H and O–H groups in total. The Bertz CT molecular complexity index is 308. The summed E-state index contributed by atoms with van der Waals surface area (Å²) in [5.41, 5.74) is 0. The zero-order valence-electron chi connectivity index (χ0n) is 10.4. The van der Waals surface area contributed by atoms with E-state index in [4.69, 9.17) is 10.2 Å². The molecule has 0 aliphatic rings. The second-order valence-electron chi connectivity index (χ2n) is 3.64. The van der Waals surface area contributed by atoms with E-state index in [0.717, 1.165) is 0 Å². The van der Waals surface area contributed by atoms with Crippen molar-refractivity contribution < 1.29 is 24.6 Å². The summed E-state index contributed by atoms with van der Waals surface area (Å²) in [5, 5.41) is 24.4. The Morgan fingerprint density at radius 1 is 1.22 bits per heavy atom. The number of carboxylic acid groups (broad SMARTS) is 1. The number of carbonyl (C=O) groups is 3. The van der Waals surface area contributed by atoms with E-state index in [1.807, 2.05) is 0 Å². The predicted molar refractivity (Wildman–Crippen MR) is 62.9 cm³/mol. The van der Waals surface area contributed by atoms with E-state index in [1.165, 1.54) is 6.92 Å². The van der Waals surface area contributed by atoms with Gasteiger partial charge < -0.3 is 26.2 Å². The van der Waals surface area contributed by atoms with E-state index in [0.29, 0.717) is 6.54 Å². The van der Waals surface area contributed by atoms with Gasteiger partial charge in [0, 0.05) is 19.6 Å². The van der Waals surface area contributed by atoms with E-state index in [-0.39, 0.29) is 18.9 Å². The highest BCUT2D eigenvalue weighted by atomic mass is 16.4. The number of nitrogens with one attached hydrogen (secondary N) is 3. The molecule has 0 aliphatic carbocycles. The van der Waals surface area contributed by atoms with Crippen molar-refractivity contribution in [2.45, 2.75) is 32.4 Å². The molecule has 3 amide bonds. The number of carboxylic acids is 1. The number of hydrogen-bond acceptors (Lipinski definition) is 4. The Morgan fingerprint density at radius 2 is 1.83 bits per heavy atom. The molecular formula is C10H19N3O5.